The Balaban J connectivity index is 2.11. The summed E-state index contributed by atoms with van der Waals surface area (Å²) < 4.78 is 67.2. The van der Waals surface area contributed by atoms with Crippen LogP contribution in [0.2, 0.25) is 0 Å². The number of carbonyl (C=O) groups excluding carboxylic acids is 2. The fourth-order valence-corrected chi connectivity index (χ4v) is 3.60. The maximum absolute atomic E-state index is 14.4. The van der Waals surface area contributed by atoms with E-state index >= 15 is 0 Å². The molecule has 13 heteroatoms. The zero-order valence-electron chi connectivity index (χ0n) is 22.7. The van der Waals surface area contributed by atoms with Gasteiger partial charge in [0.1, 0.15) is 11.4 Å². The molecule has 0 fully saturated rings. The number of carbonyl (C=O) groups is 2. The summed E-state index contributed by atoms with van der Waals surface area (Å²) in [7, 11) is 0. The topological polar surface area (TPSA) is 127 Å². The van der Waals surface area contributed by atoms with Crippen molar-refractivity contribution in [1.82, 2.24) is 20.6 Å². The van der Waals surface area contributed by atoms with E-state index in [0.717, 1.165) is 24.4 Å². The number of aliphatic hydroxyl groups is 1. The highest BCUT2D eigenvalue weighted by molar-refractivity contribution is 5.91. The summed E-state index contributed by atoms with van der Waals surface area (Å²) in [6.07, 6.45) is -5.11. The van der Waals surface area contributed by atoms with E-state index in [1.807, 2.05) is 5.32 Å². The SMILES string of the molecule is Cc1ncc(C(=O)NCC(O)(c2cc(C(C)(C)NC(=O)OC(C)(C)C)cc(-c3ccc(F)cc3)n2)C(F)(F)F)o1. The molecule has 0 radical (unpaired) electrons. The number of amides is 2. The van der Waals surface area contributed by atoms with Crippen LogP contribution < -0.4 is 10.6 Å². The molecule has 3 aromatic rings. The number of benzene rings is 1. The van der Waals surface area contributed by atoms with Crippen molar-refractivity contribution in [1.29, 1.82) is 0 Å². The number of rotatable bonds is 7. The molecular weight excluding hydrogens is 536 g/mol. The average molecular weight is 567 g/mol. The first kappa shape index (κ1) is 30.5. The number of oxazole rings is 1. The Hall–Kier alpha value is -4.00. The lowest BCUT2D eigenvalue weighted by atomic mass is 9.88. The lowest BCUT2D eigenvalue weighted by molar-refractivity contribution is -0.265. The molecule has 0 bridgehead atoms. The number of aryl methyl sites for hydroxylation is 1. The van der Waals surface area contributed by atoms with Crippen LogP contribution in [0.5, 0.6) is 0 Å². The average Bonchev–Trinajstić information content (AvgIpc) is 3.26. The molecule has 216 valence electrons. The number of alkyl carbamates (subject to hydrolysis) is 1. The van der Waals surface area contributed by atoms with Gasteiger partial charge < -0.3 is 24.9 Å². The summed E-state index contributed by atoms with van der Waals surface area (Å²) in [5, 5.41) is 15.7. The molecule has 9 nitrogen and oxygen atoms in total. The van der Waals surface area contributed by atoms with Crippen molar-refractivity contribution in [2.24, 2.45) is 0 Å². The van der Waals surface area contributed by atoms with Gasteiger partial charge in [-0.2, -0.15) is 13.2 Å². The van der Waals surface area contributed by atoms with Crippen LogP contribution >= 0.6 is 0 Å². The van der Waals surface area contributed by atoms with Crippen LogP contribution in [-0.4, -0.2) is 45.4 Å². The van der Waals surface area contributed by atoms with Crippen LogP contribution in [0.3, 0.4) is 0 Å². The summed E-state index contributed by atoms with van der Waals surface area (Å²) in [5.74, 6) is -1.85. The fourth-order valence-electron chi connectivity index (χ4n) is 3.60. The van der Waals surface area contributed by atoms with Gasteiger partial charge in [0, 0.05) is 12.5 Å². The van der Waals surface area contributed by atoms with Crippen molar-refractivity contribution < 1.29 is 41.4 Å². The Morgan fingerprint density at radius 1 is 1.05 bits per heavy atom. The Morgan fingerprint density at radius 2 is 1.68 bits per heavy atom. The number of aromatic nitrogens is 2. The maximum Gasteiger partial charge on any atom is 0.424 e. The smallest absolute Gasteiger partial charge is 0.424 e. The second-order valence-electron chi connectivity index (χ2n) is 10.7. The number of pyridine rings is 1. The number of nitrogens with one attached hydrogen (secondary N) is 2. The molecule has 1 atom stereocenters. The van der Waals surface area contributed by atoms with E-state index in [-0.39, 0.29) is 28.5 Å². The van der Waals surface area contributed by atoms with E-state index in [2.05, 4.69) is 15.3 Å². The third-order valence-electron chi connectivity index (χ3n) is 5.74. The van der Waals surface area contributed by atoms with Gasteiger partial charge in [-0.25, -0.2) is 19.2 Å². The van der Waals surface area contributed by atoms with E-state index in [4.69, 9.17) is 9.15 Å². The largest absolute Gasteiger partial charge is 0.444 e. The molecular formula is C27H30F4N4O5. The first-order chi connectivity index (χ1) is 18.3. The highest BCUT2D eigenvalue weighted by Gasteiger charge is 2.57. The van der Waals surface area contributed by atoms with Crippen LogP contribution in [0.4, 0.5) is 22.4 Å². The zero-order chi connectivity index (χ0) is 30.1. The van der Waals surface area contributed by atoms with Gasteiger partial charge >= 0.3 is 12.3 Å². The van der Waals surface area contributed by atoms with Gasteiger partial charge in [0.15, 0.2) is 5.89 Å². The Bertz CT molecular complexity index is 1380. The number of alkyl halides is 3. The molecule has 0 saturated carbocycles. The molecule has 0 aliphatic rings. The third-order valence-corrected chi connectivity index (χ3v) is 5.74. The number of nitrogens with zero attached hydrogens (tertiary/aromatic N) is 2. The second-order valence-corrected chi connectivity index (χ2v) is 10.7. The predicted octanol–water partition coefficient (Wildman–Crippen LogP) is 5.12. The van der Waals surface area contributed by atoms with Gasteiger partial charge in [-0.3, -0.25) is 4.79 Å². The van der Waals surface area contributed by atoms with Gasteiger partial charge in [-0.1, -0.05) is 0 Å². The number of ether oxygens (including phenoxy) is 1. The first-order valence-corrected chi connectivity index (χ1v) is 12.1. The monoisotopic (exact) mass is 566 g/mol. The van der Waals surface area contributed by atoms with Crippen molar-refractivity contribution >= 4 is 12.0 Å². The summed E-state index contributed by atoms with van der Waals surface area (Å²) >= 11 is 0. The molecule has 40 heavy (non-hydrogen) atoms. The van der Waals surface area contributed by atoms with Crippen molar-refractivity contribution in [2.75, 3.05) is 6.54 Å². The Labute approximate surface area is 228 Å². The van der Waals surface area contributed by atoms with Crippen LogP contribution in [0.15, 0.2) is 47.0 Å². The molecule has 0 aliphatic heterocycles. The van der Waals surface area contributed by atoms with Gasteiger partial charge in [0.05, 0.1) is 29.7 Å². The third kappa shape index (κ3) is 7.14. The minimum atomic E-state index is -5.31. The molecule has 0 saturated heterocycles. The Kier molecular flexibility index (Phi) is 8.30. The Morgan fingerprint density at radius 3 is 2.20 bits per heavy atom. The van der Waals surface area contributed by atoms with Crippen molar-refractivity contribution in [2.45, 2.75) is 64.5 Å². The van der Waals surface area contributed by atoms with E-state index in [0.29, 0.717) is 0 Å². The fraction of sp³-hybridized carbons (Fsp3) is 0.407. The summed E-state index contributed by atoms with van der Waals surface area (Å²) in [6.45, 7) is 8.10. The van der Waals surface area contributed by atoms with Gasteiger partial charge in [-0.15, -0.1) is 0 Å². The molecule has 3 N–H and O–H groups in total. The number of hydrogen-bond acceptors (Lipinski definition) is 7. The number of halogens is 4. The molecule has 0 spiro atoms. The normalized spacial score (nSPS) is 13.9. The van der Waals surface area contributed by atoms with E-state index in [1.54, 1.807) is 20.8 Å². The van der Waals surface area contributed by atoms with Crippen LogP contribution in [0, 0.1) is 12.7 Å². The van der Waals surface area contributed by atoms with Crippen molar-refractivity contribution in [3.63, 3.8) is 0 Å². The standard InChI is InChI=1S/C27H30F4N4O5/c1-15-32-13-20(39-15)22(36)33-14-26(38,27(29,30)31)21-12-17(25(5,6)35-23(37)40-24(2,3)4)11-19(34-21)16-7-9-18(28)10-8-16/h7-13,38H,14H2,1-6H3,(H,33,36)(H,35,37). The van der Waals surface area contributed by atoms with E-state index in [9.17, 15) is 32.3 Å². The summed E-state index contributed by atoms with van der Waals surface area (Å²) in [6, 6.07) is 7.19. The molecule has 2 amide bonds. The lowest BCUT2D eigenvalue weighted by Gasteiger charge is -2.33. The maximum atomic E-state index is 14.4. The van der Waals surface area contributed by atoms with Crippen LogP contribution in [0.1, 0.15) is 62.3 Å². The minimum absolute atomic E-state index is 0.0496. The van der Waals surface area contributed by atoms with E-state index < -0.39 is 53.0 Å². The molecule has 1 aromatic carbocycles. The van der Waals surface area contributed by atoms with Crippen LogP contribution in [-0.2, 0) is 15.9 Å². The quantitative estimate of drug-likeness (QED) is 0.339. The predicted molar refractivity (Wildman–Crippen MR) is 136 cm³/mol. The minimum Gasteiger partial charge on any atom is -0.444 e. The van der Waals surface area contributed by atoms with Crippen molar-refractivity contribution in [3.8, 4) is 11.3 Å². The van der Waals surface area contributed by atoms with Crippen LogP contribution in [0.25, 0.3) is 11.3 Å². The lowest BCUT2D eigenvalue weighted by Crippen LogP contribution is -2.52. The summed E-state index contributed by atoms with van der Waals surface area (Å²) in [5.41, 5.74) is -6.42. The number of hydrogen-bond donors (Lipinski definition) is 3. The highest BCUT2D eigenvalue weighted by atomic mass is 19.4. The first-order valence-electron chi connectivity index (χ1n) is 12.1. The molecule has 1 unspecified atom stereocenters. The molecule has 2 heterocycles. The van der Waals surface area contributed by atoms with Gasteiger partial charge in [-0.05, 0) is 76.6 Å². The van der Waals surface area contributed by atoms with Gasteiger partial charge in [0.25, 0.3) is 5.91 Å². The van der Waals surface area contributed by atoms with Crippen molar-refractivity contribution in [3.05, 3.63) is 71.3 Å². The molecule has 3 rings (SSSR count). The van der Waals surface area contributed by atoms with E-state index in [1.165, 1.54) is 39.0 Å². The second kappa shape index (κ2) is 10.9. The van der Waals surface area contributed by atoms with Gasteiger partial charge in [0.2, 0.25) is 11.4 Å². The zero-order valence-corrected chi connectivity index (χ0v) is 22.7. The summed E-state index contributed by atoms with van der Waals surface area (Å²) in [4.78, 5) is 32.7. The highest BCUT2D eigenvalue weighted by Crippen LogP contribution is 2.40. The molecule has 0 aliphatic carbocycles. The molecule has 2 aromatic heterocycles.